The lowest BCUT2D eigenvalue weighted by Gasteiger charge is -2.40. The van der Waals surface area contributed by atoms with Crippen LogP contribution in [-0.4, -0.2) is 46.6 Å². The second kappa shape index (κ2) is 7.40. The summed E-state index contributed by atoms with van der Waals surface area (Å²) in [6.45, 7) is 2.66. The molecule has 1 aromatic heterocycles. The van der Waals surface area contributed by atoms with Crippen LogP contribution in [0.5, 0.6) is 0 Å². The van der Waals surface area contributed by atoms with Crippen molar-refractivity contribution in [3.8, 4) is 0 Å². The molecule has 5 nitrogen and oxygen atoms in total. The van der Waals surface area contributed by atoms with Crippen LogP contribution >= 0.6 is 0 Å². The normalized spacial score (nSPS) is 26.9. The Hall–Kier alpha value is -1.49. The number of hydrogen-bond acceptors (Lipinski definition) is 4. The Kier molecular flexibility index (Phi) is 5.02. The standard InChI is InChI=1S/C20H29N3O2/c24-19(16-4-2-1-3-5-16)23-10-6-20(7-11-23)13-18(25-15-20)12-17-14-21-8-9-22-17/h8-9,14,16,18H,1-7,10-13,15H2. The van der Waals surface area contributed by atoms with Gasteiger partial charge in [-0.3, -0.25) is 14.8 Å². The van der Waals surface area contributed by atoms with E-state index in [-0.39, 0.29) is 11.5 Å². The summed E-state index contributed by atoms with van der Waals surface area (Å²) in [4.78, 5) is 23.4. The average molecular weight is 343 g/mol. The molecule has 3 heterocycles. The van der Waals surface area contributed by atoms with Crippen molar-refractivity contribution in [2.75, 3.05) is 19.7 Å². The molecule has 1 aromatic rings. The van der Waals surface area contributed by atoms with Gasteiger partial charge in [-0.2, -0.15) is 0 Å². The fourth-order valence-electron chi connectivity index (χ4n) is 4.85. The molecule has 136 valence electrons. The molecule has 0 N–H and O–H groups in total. The smallest absolute Gasteiger partial charge is 0.225 e. The van der Waals surface area contributed by atoms with Gasteiger partial charge in [0, 0.05) is 44.0 Å². The fraction of sp³-hybridized carbons (Fsp3) is 0.750. The quantitative estimate of drug-likeness (QED) is 0.846. The zero-order valence-electron chi connectivity index (χ0n) is 15.0. The van der Waals surface area contributed by atoms with Crippen molar-refractivity contribution in [2.45, 2.75) is 63.9 Å². The SMILES string of the molecule is O=C(C1CCCCC1)N1CCC2(CC1)COC(Cc1cnccn1)C2. The van der Waals surface area contributed by atoms with Crippen LogP contribution in [0.4, 0.5) is 0 Å². The van der Waals surface area contributed by atoms with E-state index in [0.29, 0.717) is 11.8 Å². The third-order valence-corrected chi connectivity index (χ3v) is 6.43. The number of piperidine rings is 1. The summed E-state index contributed by atoms with van der Waals surface area (Å²) in [7, 11) is 0. The third kappa shape index (κ3) is 3.86. The molecule has 1 spiro atoms. The Morgan fingerprint density at radius 3 is 2.72 bits per heavy atom. The molecule has 1 atom stereocenters. The van der Waals surface area contributed by atoms with Gasteiger partial charge in [0.2, 0.25) is 5.91 Å². The number of rotatable bonds is 3. The van der Waals surface area contributed by atoms with Crippen LogP contribution in [-0.2, 0) is 16.0 Å². The lowest BCUT2D eigenvalue weighted by Crippen LogP contribution is -2.46. The summed E-state index contributed by atoms with van der Waals surface area (Å²) in [6.07, 6.45) is 15.6. The number of carbonyl (C=O) groups excluding carboxylic acids is 1. The van der Waals surface area contributed by atoms with Gasteiger partial charge in [0.05, 0.1) is 18.4 Å². The van der Waals surface area contributed by atoms with Gasteiger partial charge < -0.3 is 9.64 Å². The highest BCUT2D eigenvalue weighted by Gasteiger charge is 2.43. The van der Waals surface area contributed by atoms with Crippen molar-refractivity contribution in [1.29, 1.82) is 0 Å². The number of aromatic nitrogens is 2. The van der Waals surface area contributed by atoms with E-state index in [1.54, 1.807) is 12.4 Å². The monoisotopic (exact) mass is 343 g/mol. The van der Waals surface area contributed by atoms with Gasteiger partial charge in [0.15, 0.2) is 0 Å². The maximum absolute atomic E-state index is 12.7. The molecule has 3 aliphatic rings. The van der Waals surface area contributed by atoms with E-state index in [0.717, 1.165) is 63.9 Å². The Labute approximate surface area is 150 Å². The predicted molar refractivity (Wildman–Crippen MR) is 94.9 cm³/mol. The van der Waals surface area contributed by atoms with Crippen LogP contribution < -0.4 is 0 Å². The topological polar surface area (TPSA) is 55.3 Å². The highest BCUT2D eigenvalue weighted by molar-refractivity contribution is 5.79. The number of hydrogen-bond donors (Lipinski definition) is 0. The first-order valence-corrected chi connectivity index (χ1v) is 9.89. The highest BCUT2D eigenvalue weighted by Crippen LogP contribution is 2.43. The summed E-state index contributed by atoms with van der Waals surface area (Å²) in [6, 6.07) is 0. The Bertz CT molecular complexity index is 578. The molecule has 1 aliphatic carbocycles. The Morgan fingerprint density at radius 1 is 1.20 bits per heavy atom. The molecule has 4 rings (SSSR count). The van der Waals surface area contributed by atoms with E-state index in [4.69, 9.17) is 4.74 Å². The van der Waals surface area contributed by atoms with Crippen LogP contribution in [0.1, 0.15) is 57.1 Å². The third-order valence-electron chi connectivity index (χ3n) is 6.43. The maximum atomic E-state index is 12.7. The lowest BCUT2D eigenvalue weighted by molar-refractivity contribution is -0.139. The number of likely N-dealkylation sites (tertiary alicyclic amines) is 1. The van der Waals surface area contributed by atoms with Crippen molar-refractivity contribution in [2.24, 2.45) is 11.3 Å². The minimum atomic E-state index is 0.247. The number of nitrogens with zero attached hydrogens (tertiary/aromatic N) is 3. The number of carbonyl (C=O) groups is 1. The van der Waals surface area contributed by atoms with Gasteiger partial charge in [0.25, 0.3) is 0 Å². The van der Waals surface area contributed by atoms with Crippen molar-refractivity contribution < 1.29 is 9.53 Å². The van der Waals surface area contributed by atoms with Crippen LogP contribution in [0.25, 0.3) is 0 Å². The maximum Gasteiger partial charge on any atom is 0.225 e. The predicted octanol–water partition coefficient (Wildman–Crippen LogP) is 3.00. The minimum Gasteiger partial charge on any atom is -0.377 e. The second-order valence-electron chi connectivity index (χ2n) is 8.20. The van der Waals surface area contributed by atoms with Crippen LogP contribution in [0.2, 0.25) is 0 Å². The molecular weight excluding hydrogens is 314 g/mol. The summed E-state index contributed by atoms with van der Waals surface area (Å²) in [5.74, 6) is 0.719. The summed E-state index contributed by atoms with van der Waals surface area (Å²) >= 11 is 0. The number of ether oxygens (including phenoxy) is 1. The van der Waals surface area contributed by atoms with E-state index in [9.17, 15) is 4.79 Å². The second-order valence-corrected chi connectivity index (χ2v) is 8.20. The Balaban J connectivity index is 1.29. The van der Waals surface area contributed by atoms with Gasteiger partial charge in [-0.15, -0.1) is 0 Å². The van der Waals surface area contributed by atoms with Crippen LogP contribution in [0, 0.1) is 11.3 Å². The lowest BCUT2D eigenvalue weighted by atomic mass is 9.76. The van der Waals surface area contributed by atoms with Gasteiger partial charge in [-0.25, -0.2) is 0 Å². The fourth-order valence-corrected chi connectivity index (χ4v) is 4.85. The molecule has 1 amide bonds. The van der Waals surface area contributed by atoms with Crippen molar-refractivity contribution in [3.63, 3.8) is 0 Å². The summed E-state index contributed by atoms with van der Waals surface area (Å²) < 4.78 is 6.09. The van der Waals surface area contributed by atoms with Gasteiger partial charge >= 0.3 is 0 Å². The van der Waals surface area contributed by atoms with Crippen LogP contribution in [0.3, 0.4) is 0 Å². The average Bonchev–Trinajstić information content (AvgIpc) is 3.05. The van der Waals surface area contributed by atoms with E-state index in [2.05, 4.69) is 14.9 Å². The van der Waals surface area contributed by atoms with E-state index in [1.165, 1.54) is 19.3 Å². The molecule has 1 saturated carbocycles. The van der Waals surface area contributed by atoms with Crippen molar-refractivity contribution >= 4 is 5.91 Å². The van der Waals surface area contributed by atoms with E-state index in [1.807, 2.05) is 6.20 Å². The molecule has 5 heteroatoms. The molecule has 2 aliphatic heterocycles. The zero-order valence-corrected chi connectivity index (χ0v) is 15.0. The molecule has 1 unspecified atom stereocenters. The first-order valence-electron chi connectivity index (χ1n) is 9.89. The molecule has 25 heavy (non-hydrogen) atoms. The van der Waals surface area contributed by atoms with Crippen LogP contribution in [0.15, 0.2) is 18.6 Å². The van der Waals surface area contributed by atoms with Gasteiger partial charge in [0.1, 0.15) is 0 Å². The van der Waals surface area contributed by atoms with E-state index < -0.39 is 0 Å². The largest absolute Gasteiger partial charge is 0.377 e. The van der Waals surface area contributed by atoms with Gasteiger partial charge in [-0.05, 0) is 37.5 Å². The molecule has 0 bridgehead atoms. The van der Waals surface area contributed by atoms with Crippen molar-refractivity contribution in [3.05, 3.63) is 24.3 Å². The van der Waals surface area contributed by atoms with Crippen molar-refractivity contribution in [1.82, 2.24) is 14.9 Å². The molecule has 0 aromatic carbocycles. The first-order chi connectivity index (χ1) is 12.2. The first kappa shape index (κ1) is 17.0. The number of amides is 1. The molecule has 2 saturated heterocycles. The Morgan fingerprint density at radius 2 is 2.00 bits per heavy atom. The van der Waals surface area contributed by atoms with E-state index >= 15 is 0 Å². The summed E-state index contributed by atoms with van der Waals surface area (Å²) in [5.41, 5.74) is 1.28. The summed E-state index contributed by atoms with van der Waals surface area (Å²) in [5, 5.41) is 0. The minimum absolute atomic E-state index is 0.247. The molecular formula is C20H29N3O2. The molecule has 3 fully saturated rings. The zero-order chi connectivity index (χ0) is 17.1. The molecule has 0 radical (unpaired) electrons. The highest BCUT2D eigenvalue weighted by atomic mass is 16.5. The van der Waals surface area contributed by atoms with Gasteiger partial charge in [-0.1, -0.05) is 19.3 Å².